The number of benzene rings is 1. The molecular formula is C13H11N3O2. The van der Waals surface area contributed by atoms with Gasteiger partial charge < -0.3 is 9.84 Å². The molecule has 0 radical (unpaired) electrons. The molecule has 0 aliphatic carbocycles. The molecule has 0 saturated heterocycles. The fourth-order valence-electron chi connectivity index (χ4n) is 1.95. The van der Waals surface area contributed by atoms with Gasteiger partial charge in [0.1, 0.15) is 11.7 Å². The second-order valence-corrected chi connectivity index (χ2v) is 4.13. The van der Waals surface area contributed by atoms with Crippen LogP contribution in [0.1, 0.15) is 17.2 Å². The lowest BCUT2D eigenvalue weighted by Crippen LogP contribution is -2.12. The first kappa shape index (κ1) is 10.7. The Bertz CT molecular complexity index is 631. The van der Waals surface area contributed by atoms with Crippen LogP contribution >= 0.6 is 0 Å². The average molecular weight is 241 g/mol. The van der Waals surface area contributed by atoms with Crippen LogP contribution in [0.2, 0.25) is 0 Å². The number of aliphatic imine (C=N–C) groups is 1. The molecule has 2 heterocycles. The van der Waals surface area contributed by atoms with Crippen molar-refractivity contribution in [3.8, 4) is 0 Å². The van der Waals surface area contributed by atoms with Gasteiger partial charge in [-0.05, 0) is 18.6 Å². The molecule has 1 amide bonds. The predicted molar refractivity (Wildman–Crippen MR) is 67.2 cm³/mol. The topological polar surface area (TPSA) is 67.5 Å². The van der Waals surface area contributed by atoms with Gasteiger partial charge in [-0.1, -0.05) is 23.4 Å². The fraction of sp³-hybridized carbons (Fsp3) is 0.154. The number of nitrogens with zero attached hydrogens (tertiary/aromatic N) is 2. The highest BCUT2D eigenvalue weighted by Gasteiger charge is 2.28. The van der Waals surface area contributed by atoms with Crippen LogP contribution in [0.15, 0.2) is 39.8 Å². The van der Waals surface area contributed by atoms with Crippen molar-refractivity contribution in [2.75, 3.05) is 5.32 Å². The smallest absolute Gasteiger partial charge is 0.237 e. The van der Waals surface area contributed by atoms with Gasteiger partial charge in [-0.2, -0.15) is 0 Å². The average Bonchev–Trinajstić information content (AvgIpc) is 2.90. The molecule has 1 N–H and O–H groups in total. The van der Waals surface area contributed by atoms with Gasteiger partial charge in [-0.25, -0.2) is 4.99 Å². The molecule has 1 atom stereocenters. The summed E-state index contributed by atoms with van der Waals surface area (Å²) in [6.45, 7) is 1.80. The predicted octanol–water partition coefficient (Wildman–Crippen LogP) is 2.42. The zero-order chi connectivity index (χ0) is 12.5. The molecule has 1 unspecified atom stereocenters. The van der Waals surface area contributed by atoms with Crippen molar-refractivity contribution >= 4 is 23.6 Å². The normalized spacial score (nSPS) is 18.1. The number of para-hydroxylation sites is 1. The Hall–Kier alpha value is -2.43. The molecule has 2 aromatic rings. The van der Waals surface area contributed by atoms with E-state index < -0.39 is 0 Å². The van der Waals surface area contributed by atoms with Crippen LogP contribution in [-0.4, -0.2) is 17.3 Å². The number of aromatic nitrogens is 1. The fourth-order valence-corrected chi connectivity index (χ4v) is 1.95. The molecule has 0 bridgehead atoms. The van der Waals surface area contributed by atoms with E-state index in [1.807, 2.05) is 24.3 Å². The number of rotatable bonds is 2. The maximum Gasteiger partial charge on any atom is 0.237 e. The summed E-state index contributed by atoms with van der Waals surface area (Å²) in [7, 11) is 0. The van der Waals surface area contributed by atoms with Crippen molar-refractivity contribution in [2.24, 2.45) is 4.99 Å². The second kappa shape index (κ2) is 4.10. The first-order valence-electron chi connectivity index (χ1n) is 5.61. The number of carbonyl (C=O) groups is 1. The summed E-state index contributed by atoms with van der Waals surface area (Å²) in [6.07, 6.45) is 1.60. The summed E-state index contributed by atoms with van der Waals surface area (Å²) in [5.74, 6) is 0.737. The molecule has 1 aliphatic heterocycles. The monoisotopic (exact) mass is 241 g/mol. The highest BCUT2D eigenvalue weighted by molar-refractivity contribution is 6.12. The molecule has 0 saturated carbocycles. The Kier molecular flexibility index (Phi) is 2.44. The van der Waals surface area contributed by atoms with E-state index in [0.29, 0.717) is 11.6 Å². The van der Waals surface area contributed by atoms with Crippen LogP contribution in [-0.2, 0) is 4.79 Å². The maximum absolute atomic E-state index is 11.8. The van der Waals surface area contributed by atoms with Gasteiger partial charge in [0.05, 0.1) is 0 Å². The van der Waals surface area contributed by atoms with E-state index in [1.54, 1.807) is 19.2 Å². The van der Waals surface area contributed by atoms with E-state index in [-0.39, 0.29) is 11.8 Å². The molecule has 90 valence electrons. The lowest BCUT2D eigenvalue weighted by molar-refractivity contribution is -0.115. The van der Waals surface area contributed by atoms with E-state index in [0.717, 1.165) is 11.3 Å². The largest absolute Gasteiger partial charge is 0.359 e. The zero-order valence-corrected chi connectivity index (χ0v) is 9.75. The Morgan fingerprint density at radius 2 is 2.28 bits per heavy atom. The minimum Gasteiger partial charge on any atom is -0.359 e. The van der Waals surface area contributed by atoms with Gasteiger partial charge in [0, 0.05) is 18.0 Å². The molecule has 1 aromatic heterocycles. The number of fused-ring (bicyclic) bond motifs is 1. The summed E-state index contributed by atoms with van der Waals surface area (Å²) in [5, 5.41) is 6.57. The summed E-state index contributed by atoms with van der Waals surface area (Å²) < 4.78 is 4.91. The summed E-state index contributed by atoms with van der Waals surface area (Å²) >= 11 is 0. The van der Waals surface area contributed by atoms with Gasteiger partial charge in [0.2, 0.25) is 5.91 Å². The lowest BCUT2D eigenvalue weighted by Gasteiger charge is -1.99. The SMILES string of the molecule is Cc1cc(N=CC2C(=O)Nc3ccccc32)no1. The zero-order valence-electron chi connectivity index (χ0n) is 9.75. The van der Waals surface area contributed by atoms with E-state index in [2.05, 4.69) is 15.5 Å². The molecule has 5 heteroatoms. The lowest BCUT2D eigenvalue weighted by atomic mass is 10.0. The maximum atomic E-state index is 11.8. The molecule has 0 spiro atoms. The third-order valence-electron chi connectivity index (χ3n) is 2.81. The standard InChI is InChI=1S/C13H11N3O2/c1-8-6-12(16-18-8)14-7-10-9-4-2-3-5-11(9)15-13(10)17/h2-7,10H,1H3,(H,15,17). The highest BCUT2D eigenvalue weighted by Crippen LogP contribution is 2.31. The van der Waals surface area contributed by atoms with E-state index in [4.69, 9.17) is 4.52 Å². The number of amides is 1. The molecule has 1 aromatic carbocycles. The quantitative estimate of drug-likeness (QED) is 0.821. The van der Waals surface area contributed by atoms with Gasteiger partial charge >= 0.3 is 0 Å². The molecule has 0 fully saturated rings. The summed E-state index contributed by atoms with van der Waals surface area (Å²) in [5.41, 5.74) is 1.78. The van der Waals surface area contributed by atoms with E-state index >= 15 is 0 Å². The van der Waals surface area contributed by atoms with Gasteiger partial charge in [-0.15, -0.1) is 0 Å². The Morgan fingerprint density at radius 1 is 1.44 bits per heavy atom. The Balaban J connectivity index is 1.89. The first-order valence-corrected chi connectivity index (χ1v) is 5.61. The van der Waals surface area contributed by atoms with Gasteiger partial charge in [0.25, 0.3) is 0 Å². The first-order chi connectivity index (χ1) is 8.74. The second-order valence-electron chi connectivity index (χ2n) is 4.13. The van der Waals surface area contributed by atoms with Crippen LogP contribution < -0.4 is 5.32 Å². The molecule has 3 rings (SSSR count). The number of hydrogen-bond acceptors (Lipinski definition) is 4. The van der Waals surface area contributed by atoms with Crippen LogP contribution in [0.3, 0.4) is 0 Å². The van der Waals surface area contributed by atoms with E-state index in [1.165, 1.54) is 0 Å². The van der Waals surface area contributed by atoms with Crippen molar-refractivity contribution in [1.29, 1.82) is 0 Å². The third-order valence-corrected chi connectivity index (χ3v) is 2.81. The molecule has 1 aliphatic rings. The number of hydrogen-bond donors (Lipinski definition) is 1. The van der Waals surface area contributed by atoms with Gasteiger partial charge in [-0.3, -0.25) is 4.79 Å². The summed E-state index contributed by atoms with van der Waals surface area (Å²) in [6, 6.07) is 9.30. The number of nitrogens with one attached hydrogen (secondary N) is 1. The van der Waals surface area contributed by atoms with Crippen molar-refractivity contribution in [3.05, 3.63) is 41.7 Å². The van der Waals surface area contributed by atoms with Crippen LogP contribution in [0.25, 0.3) is 0 Å². The van der Waals surface area contributed by atoms with Crippen LogP contribution in [0.4, 0.5) is 11.5 Å². The van der Waals surface area contributed by atoms with E-state index in [9.17, 15) is 4.79 Å². The highest BCUT2D eigenvalue weighted by atomic mass is 16.5. The molecule has 18 heavy (non-hydrogen) atoms. The van der Waals surface area contributed by atoms with Crippen LogP contribution in [0, 0.1) is 6.92 Å². The van der Waals surface area contributed by atoms with Crippen molar-refractivity contribution in [3.63, 3.8) is 0 Å². The van der Waals surface area contributed by atoms with Crippen molar-refractivity contribution in [1.82, 2.24) is 5.16 Å². The van der Waals surface area contributed by atoms with Crippen molar-refractivity contribution < 1.29 is 9.32 Å². The third kappa shape index (κ3) is 1.79. The molecule has 5 nitrogen and oxygen atoms in total. The molecular weight excluding hydrogens is 230 g/mol. The minimum atomic E-state index is -0.363. The van der Waals surface area contributed by atoms with Crippen molar-refractivity contribution in [2.45, 2.75) is 12.8 Å². The van der Waals surface area contributed by atoms with Crippen LogP contribution in [0.5, 0.6) is 0 Å². The number of anilines is 1. The summed E-state index contributed by atoms with van der Waals surface area (Å²) in [4.78, 5) is 16.0. The minimum absolute atomic E-state index is 0.0693. The Labute approximate surface area is 104 Å². The Morgan fingerprint density at radius 3 is 3.06 bits per heavy atom. The number of aryl methyl sites for hydroxylation is 1. The number of carbonyl (C=O) groups excluding carboxylic acids is 1. The van der Waals surface area contributed by atoms with Gasteiger partial charge in [0.15, 0.2) is 5.82 Å².